The molecule has 1 N–H and O–H groups in total. The van der Waals surface area contributed by atoms with Crippen LogP contribution in [0.3, 0.4) is 0 Å². The van der Waals surface area contributed by atoms with E-state index in [2.05, 4.69) is 5.32 Å². The Morgan fingerprint density at radius 1 is 1.12 bits per heavy atom. The minimum atomic E-state index is 0.0123. The molecule has 0 aromatic rings. The van der Waals surface area contributed by atoms with E-state index in [4.69, 9.17) is 4.74 Å². The van der Waals surface area contributed by atoms with Crippen molar-refractivity contribution in [2.24, 2.45) is 5.92 Å². The van der Waals surface area contributed by atoms with Gasteiger partial charge < -0.3 is 10.1 Å². The Kier molecular flexibility index (Phi) is 4.84. The predicted octanol–water partition coefficient (Wildman–Crippen LogP) is 2.64. The van der Waals surface area contributed by atoms with Gasteiger partial charge in [0.1, 0.15) is 0 Å². The monoisotopic (exact) mass is 239 g/mol. The molecule has 17 heavy (non-hydrogen) atoms. The van der Waals surface area contributed by atoms with Gasteiger partial charge in [-0.15, -0.1) is 0 Å². The quantitative estimate of drug-likeness (QED) is 0.766. The van der Waals surface area contributed by atoms with Crippen LogP contribution >= 0.6 is 0 Å². The number of rotatable bonds is 4. The molecule has 2 aliphatic carbocycles. The minimum Gasteiger partial charge on any atom is -0.466 e. The first kappa shape index (κ1) is 12.9. The molecule has 0 heterocycles. The Labute approximate surface area is 104 Å². The van der Waals surface area contributed by atoms with E-state index in [0.29, 0.717) is 18.7 Å². The van der Waals surface area contributed by atoms with E-state index in [-0.39, 0.29) is 11.9 Å². The van der Waals surface area contributed by atoms with Gasteiger partial charge in [-0.25, -0.2) is 0 Å². The molecule has 2 saturated carbocycles. The third kappa shape index (κ3) is 3.44. The zero-order valence-corrected chi connectivity index (χ0v) is 10.9. The summed E-state index contributed by atoms with van der Waals surface area (Å²) in [5.74, 6) is 0.121. The second-order valence-electron chi connectivity index (χ2n) is 5.40. The van der Waals surface area contributed by atoms with Gasteiger partial charge in [0.25, 0.3) is 0 Å². The van der Waals surface area contributed by atoms with Gasteiger partial charge in [-0.3, -0.25) is 4.79 Å². The Morgan fingerprint density at radius 2 is 1.88 bits per heavy atom. The van der Waals surface area contributed by atoms with Crippen LogP contribution in [0.25, 0.3) is 0 Å². The molecular weight excluding hydrogens is 214 g/mol. The molecular formula is C14H25NO2. The smallest absolute Gasteiger partial charge is 0.310 e. The molecule has 0 aliphatic heterocycles. The molecule has 0 bridgehead atoms. The van der Waals surface area contributed by atoms with Crippen LogP contribution in [0.4, 0.5) is 0 Å². The second kappa shape index (κ2) is 6.39. The summed E-state index contributed by atoms with van der Waals surface area (Å²) in [5.41, 5.74) is 0. The van der Waals surface area contributed by atoms with Crippen molar-refractivity contribution in [1.29, 1.82) is 0 Å². The number of carbonyl (C=O) groups excluding carboxylic acids is 1. The molecule has 0 amide bonds. The Hall–Kier alpha value is -0.570. The van der Waals surface area contributed by atoms with Gasteiger partial charge in [0.15, 0.2) is 0 Å². The lowest BCUT2D eigenvalue weighted by atomic mass is 9.93. The molecule has 0 saturated heterocycles. The third-order valence-electron chi connectivity index (χ3n) is 4.16. The average Bonchev–Trinajstić information content (AvgIpc) is 2.79. The van der Waals surface area contributed by atoms with Gasteiger partial charge in [-0.1, -0.05) is 25.7 Å². The predicted molar refractivity (Wildman–Crippen MR) is 67.8 cm³/mol. The summed E-state index contributed by atoms with van der Waals surface area (Å²) in [6.07, 6.45) is 9.93. The number of ether oxygens (including phenoxy) is 1. The van der Waals surface area contributed by atoms with E-state index in [9.17, 15) is 4.79 Å². The minimum absolute atomic E-state index is 0.0123. The fourth-order valence-electron chi connectivity index (χ4n) is 3.26. The highest BCUT2D eigenvalue weighted by Gasteiger charge is 2.35. The normalized spacial score (nSPS) is 30.4. The van der Waals surface area contributed by atoms with E-state index < -0.39 is 0 Å². The largest absolute Gasteiger partial charge is 0.466 e. The molecule has 0 radical (unpaired) electrons. The van der Waals surface area contributed by atoms with Crippen molar-refractivity contribution in [3.05, 3.63) is 0 Å². The second-order valence-corrected chi connectivity index (χ2v) is 5.40. The van der Waals surface area contributed by atoms with Gasteiger partial charge in [-0.2, -0.15) is 0 Å². The molecule has 0 aromatic heterocycles. The zero-order chi connectivity index (χ0) is 12.1. The average molecular weight is 239 g/mol. The van der Waals surface area contributed by atoms with Crippen molar-refractivity contribution in [3.63, 3.8) is 0 Å². The van der Waals surface area contributed by atoms with Gasteiger partial charge in [-0.05, 0) is 32.6 Å². The van der Waals surface area contributed by atoms with E-state index in [1.807, 2.05) is 6.92 Å². The highest BCUT2D eigenvalue weighted by molar-refractivity contribution is 5.73. The van der Waals surface area contributed by atoms with Crippen LogP contribution in [0.2, 0.25) is 0 Å². The van der Waals surface area contributed by atoms with Crippen molar-refractivity contribution in [1.82, 2.24) is 5.32 Å². The van der Waals surface area contributed by atoms with E-state index in [1.54, 1.807) is 0 Å². The highest BCUT2D eigenvalue weighted by Crippen LogP contribution is 2.29. The van der Waals surface area contributed by atoms with Crippen LogP contribution in [0.15, 0.2) is 0 Å². The van der Waals surface area contributed by atoms with Crippen molar-refractivity contribution < 1.29 is 9.53 Å². The van der Waals surface area contributed by atoms with Crippen molar-refractivity contribution >= 4 is 5.97 Å². The van der Waals surface area contributed by atoms with E-state index in [0.717, 1.165) is 19.3 Å². The van der Waals surface area contributed by atoms with Gasteiger partial charge in [0, 0.05) is 12.1 Å². The highest BCUT2D eigenvalue weighted by atomic mass is 16.5. The lowest BCUT2D eigenvalue weighted by Crippen LogP contribution is -2.43. The molecule has 3 nitrogen and oxygen atoms in total. The fourth-order valence-corrected chi connectivity index (χ4v) is 3.26. The molecule has 0 unspecified atom stereocenters. The molecule has 0 spiro atoms. The number of hydrogen-bond donors (Lipinski definition) is 1. The SMILES string of the molecule is CCOC(=O)[C@@H]1CCC[C@H]1NC1CCCCC1. The number of carbonyl (C=O) groups is 1. The number of nitrogens with one attached hydrogen (secondary N) is 1. The van der Waals surface area contributed by atoms with Gasteiger partial charge in [0.05, 0.1) is 12.5 Å². The fraction of sp³-hybridized carbons (Fsp3) is 0.929. The van der Waals surface area contributed by atoms with E-state index in [1.165, 1.54) is 32.1 Å². The number of hydrogen-bond acceptors (Lipinski definition) is 3. The Balaban J connectivity index is 1.83. The summed E-state index contributed by atoms with van der Waals surface area (Å²) in [4.78, 5) is 11.8. The molecule has 0 aromatic carbocycles. The zero-order valence-electron chi connectivity index (χ0n) is 10.9. The maximum atomic E-state index is 11.8. The van der Waals surface area contributed by atoms with Gasteiger partial charge >= 0.3 is 5.97 Å². The summed E-state index contributed by atoms with van der Waals surface area (Å²) in [7, 11) is 0. The summed E-state index contributed by atoms with van der Waals surface area (Å²) < 4.78 is 5.17. The lowest BCUT2D eigenvalue weighted by Gasteiger charge is -2.28. The molecule has 2 atom stereocenters. The topological polar surface area (TPSA) is 38.3 Å². The molecule has 3 heteroatoms. The first-order chi connectivity index (χ1) is 8.31. The maximum absolute atomic E-state index is 11.8. The molecule has 98 valence electrons. The van der Waals surface area contributed by atoms with Crippen LogP contribution in [-0.4, -0.2) is 24.7 Å². The summed E-state index contributed by atoms with van der Waals surface area (Å²) in [6, 6.07) is 1.01. The first-order valence-corrected chi connectivity index (χ1v) is 7.24. The maximum Gasteiger partial charge on any atom is 0.310 e. The third-order valence-corrected chi connectivity index (χ3v) is 4.16. The summed E-state index contributed by atoms with van der Waals surface area (Å²) in [6.45, 7) is 2.39. The van der Waals surface area contributed by atoms with Crippen LogP contribution in [0.1, 0.15) is 58.3 Å². The summed E-state index contributed by atoms with van der Waals surface area (Å²) in [5, 5.41) is 3.71. The van der Waals surface area contributed by atoms with E-state index >= 15 is 0 Å². The van der Waals surface area contributed by atoms with Crippen LogP contribution in [0, 0.1) is 5.92 Å². The van der Waals surface area contributed by atoms with Crippen molar-refractivity contribution in [3.8, 4) is 0 Å². The molecule has 2 rings (SSSR count). The first-order valence-electron chi connectivity index (χ1n) is 7.24. The molecule has 2 aliphatic rings. The van der Waals surface area contributed by atoms with Crippen molar-refractivity contribution in [2.75, 3.05) is 6.61 Å². The van der Waals surface area contributed by atoms with Crippen molar-refractivity contribution in [2.45, 2.75) is 70.4 Å². The van der Waals surface area contributed by atoms with Crippen LogP contribution in [-0.2, 0) is 9.53 Å². The molecule has 2 fully saturated rings. The summed E-state index contributed by atoms with van der Waals surface area (Å²) >= 11 is 0. The van der Waals surface area contributed by atoms with Crippen LogP contribution < -0.4 is 5.32 Å². The number of esters is 1. The van der Waals surface area contributed by atoms with Gasteiger partial charge in [0.2, 0.25) is 0 Å². The van der Waals surface area contributed by atoms with Crippen LogP contribution in [0.5, 0.6) is 0 Å². The Bertz CT molecular complexity index is 249. The standard InChI is InChI=1S/C14H25NO2/c1-2-17-14(16)12-9-6-10-13(12)15-11-7-4-3-5-8-11/h11-13,15H,2-10H2,1H3/t12-,13-/m1/s1. The Morgan fingerprint density at radius 3 is 2.59 bits per heavy atom. The lowest BCUT2D eigenvalue weighted by molar-refractivity contribution is -0.148.